The maximum absolute atomic E-state index is 12.4. The molecular weight excluding hydrogens is 346 g/mol. The van der Waals surface area contributed by atoms with E-state index in [1.165, 1.54) is 11.1 Å². The molecule has 0 aromatic heterocycles. The van der Waals surface area contributed by atoms with Gasteiger partial charge < -0.3 is 10.2 Å². The van der Waals surface area contributed by atoms with Crippen molar-refractivity contribution >= 4 is 23.2 Å². The van der Waals surface area contributed by atoms with E-state index in [0.29, 0.717) is 6.54 Å². The van der Waals surface area contributed by atoms with Gasteiger partial charge in [0.05, 0.1) is 6.54 Å². The van der Waals surface area contributed by atoms with Crippen molar-refractivity contribution in [2.24, 2.45) is 0 Å². The molecule has 1 aliphatic carbocycles. The van der Waals surface area contributed by atoms with Gasteiger partial charge in [0, 0.05) is 42.9 Å². The van der Waals surface area contributed by atoms with Crippen LogP contribution in [0.15, 0.2) is 48.5 Å². The lowest BCUT2D eigenvalue weighted by atomic mass is 10.1. The molecule has 0 saturated carbocycles. The number of piperazine rings is 1. The number of benzene rings is 2. The van der Waals surface area contributed by atoms with E-state index in [1.807, 2.05) is 18.2 Å². The van der Waals surface area contributed by atoms with Crippen molar-refractivity contribution in [3.05, 3.63) is 64.7 Å². The Bertz CT molecular complexity index is 761. The fraction of sp³-hybridized carbons (Fsp3) is 0.381. The lowest BCUT2D eigenvalue weighted by molar-refractivity contribution is -0.123. The number of rotatable bonds is 4. The number of hydrogen-bond acceptors (Lipinski definition) is 3. The van der Waals surface area contributed by atoms with Crippen LogP contribution in [0.5, 0.6) is 0 Å². The molecule has 2 aromatic rings. The first-order chi connectivity index (χ1) is 12.7. The third-order valence-electron chi connectivity index (χ3n) is 5.33. The number of carbonyl (C=O) groups excluding carboxylic acids is 1. The van der Waals surface area contributed by atoms with Crippen LogP contribution < -0.4 is 10.2 Å². The summed E-state index contributed by atoms with van der Waals surface area (Å²) in [6.07, 6.45) is 1.90. The number of nitrogens with one attached hydrogen (secondary N) is 1. The SMILES string of the molecule is O=C(CN1CCN(c2cccc(Cl)c2)CC1)NC1Cc2ccccc2C1. The standard InChI is InChI=1S/C21H24ClN3O/c22-18-6-3-7-20(14-18)25-10-8-24(9-11-25)15-21(26)23-19-12-16-4-1-2-5-17(16)13-19/h1-7,14,19H,8-13,15H2,(H,23,26). The van der Waals surface area contributed by atoms with Crippen molar-refractivity contribution in [2.45, 2.75) is 18.9 Å². The highest BCUT2D eigenvalue weighted by atomic mass is 35.5. The largest absolute Gasteiger partial charge is 0.369 e. The summed E-state index contributed by atoms with van der Waals surface area (Å²) in [5.41, 5.74) is 3.89. The number of fused-ring (bicyclic) bond motifs is 1. The Labute approximate surface area is 159 Å². The van der Waals surface area contributed by atoms with Gasteiger partial charge in [-0.3, -0.25) is 9.69 Å². The Morgan fingerprint density at radius 3 is 2.35 bits per heavy atom. The quantitative estimate of drug-likeness (QED) is 0.900. The summed E-state index contributed by atoms with van der Waals surface area (Å²) < 4.78 is 0. The zero-order valence-electron chi connectivity index (χ0n) is 14.8. The van der Waals surface area contributed by atoms with E-state index in [-0.39, 0.29) is 11.9 Å². The van der Waals surface area contributed by atoms with Crippen LogP contribution in [0, 0.1) is 0 Å². The summed E-state index contributed by atoms with van der Waals surface area (Å²) in [5.74, 6) is 0.138. The first-order valence-corrected chi connectivity index (χ1v) is 9.64. The highest BCUT2D eigenvalue weighted by Gasteiger charge is 2.24. The van der Waals surface area contributed by atoms with Crippen LogP contribution in [-0.4, -0.2) is 49.6 Å². The first-order valence-electron chi connectivity index (χ1n) is 9.26. The summed E-state index contributed by atoms with van der Waals surface area (Å²) >= 11 is 6.09. The second kappa shape index (κ2) is 7.68. The van der Waals surface area contributed by atoms with Gasteiger partial charge in [-0.15, -0.1) is 0 Å². The van der Waals surface area contributed by atoms with Crippen molar-refractivity contribution in [1.82, 2.24) is 10.2 Å². The smallest absolute Gasteiger partial charge is 0.234 e. The van der Waals surface area contributed by atoms with E-state index in [2.05, 4.69) is 45.4 Å². The number of halogens is 1. The molecule has 0 spiro atoms. The summed E-state index contributed by atoms with van der Waals surface area (Å²) in [4.78, 5) is 17.0. The van der Waals surface area contributed by atoms with Crippen molar-refractivity contribution in [3.8, 4) is 0 Å². The van der Waals surface area contributed by atoms with E-state index in [9.17, 15) is 4.79 Å². The molecule has 0 bridgehead atoms. The van der Waals surface area contributed by atoms with E-state index in [0.717, 1.165) is 49.7 Å². The van der Waals surface area contributed by atoms with Gasteiger partial charge in [0.15, 0.2) is 0 Å². The molecule has 2 aliphatic rings. The summed E-state index contributed by atoms with van der Waals surface area (Å²) in [7, 11) is 0. The van der Waals surface area contributed by atoms with Crippen LogP contribution >= 0.6 is 11.6 Å². The highest BCUT2D eigenvalue weighted by molar-refractivity contribution is 6.30. The molecular formula is C21H24ClN3O. The van der Waals surface area contributed by atoms with Gasteiger partial charge in [-0.05, 0) is 42.2 Å². The van der Waals surface area contributed by atoms with Crippen LogP contribution in [-0.2, 0) is 17.6 Å². The number of nitrogens with zero attached hydrogens (tertiary/aromatic N) is 2. The van der Waals surface area contributed by atoms with Gasteiger partial charge in [0.1, 0.15) is 0 Å². The van der Waals surface area contributed by atoms with E-state index < -0.39 is 0 Å². The van der Waals surface area contributed by atoms with Crippen molar-refractivity contribution in [3.63, 3.8) is 0 Å². The first kappa shape index (κ1) is 17.4. The van der Waals surface area contributed by atoms with Crippen molar-refractivity contribution in [2.75, 3.05) is 37.6 Å². The second-order valence-electron chi connectivity index (χ2n) is 7.18. The minimum Gasteiger partial charge on any atom is -0.369 e. The van der Waals surface area contributed by atoms with E-state index >= 15 is 0 Å². The van der Waals surface area contributed by atoms with Crippen molar-refractivity contribution in [1.29, 1.82) is 0 Å². The summed E-state index contributed by atoms with van der Waals surface area (Å²) in [6, 6.07) is 16.7. The minimum atomic E-state index is 0.138. The number of amides is 1. The molecule has 4 rings (SSSR count). The van der Waals surface area contributed by atoms with Crippen LogP contribution in [0.2, 0.25) is 5.02 Å². The molecule has 1 heterocycles. The molecule has 136 valence electrons. The molecule has 1 aliphatic heterocycles. The molecule has 0 radical (unpaired) electrons. The third-order valence-corrected chi connectivity index (χ3v) is 5.56. The van der Waals surface area contributed by atoms with Crippen LogP contribution in [0.4, 0.5) is 5.69 Å². The van der Waals surface area contributed by atoms with Gasteiger partial charge in [-0.1, -0.05) is 41.9 Å². The topological polar surface area (TPSA) is 35.6 Å². The van der Waals surface area contributed by atoms with Crippen LogP contribution in [0.25, 0.3) is 0 Å². The van der Waals surface area contributed by atoms with E-state index in [4.69, 9.17) is 11.6 Å². The Kier molecular flexibility index (Phi) is 5.14. The van der Waals surface area contributed by atoms with Gasteiger partial charge in [0.2, 0.25) is 5.91 Å². The molecule has 2 aromatic carbocycles. The maximum Gasteiger partial charge on any atom is 0.234 e. The Morgan fingerprint density at radius 2 is 1.69 bits per heavy atom. The summed E-state index contributed by atoms with van der Waals surface area (Å²) in [5, 5.41) is 3.98. The molecule has 0 atom stereocenters. The van der Waals surface area contributed by atoms with E-state index in [1.54, 1.807) is 0 Å². The Hall–Kier alpha value is -2.04. The third kappa shape index (κ3) is 4.02. The maximum atomic E-state index is 12.4. The monoisotopic (exact) mass is 369 g/mol. The fourth-order valence-corrected chi connectivity index (χ4v) is 4.16. The Balaban J connectivity index is 1.24. The number of hydrogen-bond donors (Lipinski definition) is 1. The van der Waals surface area contributed by atoms with Gasteiger partial charge in [-0.2, -0.15) is 0 Å². The molecule has 1 amide bonds. The predicted molar refractivity (Wildman–Crippen MR) is 106 cm³/mol. The summed E-state index contributed by atoms with van der Waals surface area (Å²) in [6.45, 7) is 4.11. The molecule has 1 N–H and O–H groups in total. The van der Waals surface area contributed by atoms with Crippen LogP contribution in [0.1, 0.15) is 11.1 Å². The number of anilines is 1. The highest BCUT2D eigenvalue weighted by Crippen LogP contribution is 2.22. The zero-order chi connectivity index (χ0) is 17.9. The van der Waals surface area contributed by atoms with Gasteiger partial charge in [0.25, 0.3) is 0 Å². The molecule has 5 heteroatoms. The fourth-order valence-electron chi connectivity index (χ4n) is 3.97. The molecule has 1 saturated heterocycles. The number of carbonyl (C=O) groups is 1. The van der Waals surface area contributed by atoms with Crippen LogP contribution in [0.3, 0.4) is 0 Å². The molecule has 0 unspecified atom stereocenters. The lowest BCUT2D eigenvalue weighted by Crippen LogP contribution is -2.50. The average molecular weight is 370 g/mol. The normalized spacial score (nSPS) is 18.0. The van der Waals surface area contributed by atoms with Gasteiger partial charge in [-0.25, -0.2) is 0 Å². The molecule has 4 nitrogen and oxygen atoms in total. The average Bonchev–Trinajstić information content (AvgIpc) is 3.04. The lowest BCUT2D eigenvalue weighted by Gasteiger charge is -2.36. The van der Waals surface area contributed by atoms with Gasteiger partial charge >= 0.3 is 0 Å². The molecule has 1 fully saturated rings. The second-order valence-corrected chi connectivity index (χ2v) is 7.62. The predicted octanol–water partition coefficient (Wildman–Crippen LogP) is 2.75. The van der Waals surface area contributed by atoms with Crippen molar-refractivity contribution < 1.29 is 4.79 Å². The minimum absolute atomic E-state index is 0.138. The Morgan fingerprint density at radius 1 is 1.00 bits per heavy atom. The zero-order valence-corrected chi connectivity index (χ0v) is 15.6. The molecule has 26 heavy (non-hydrogen) atoms.